The van der Waals surface area contributed by atoms with Crippen LogP contribution >= 0.6 is 0 Å². The minimum absolute atomic E-state index is 0.0795. The van der Waals surface area contributed by atoms with Crippen LogP contribution in [0.25, 0.3) is 0 Å². The van der Waals surface area contributed by atoms with Gasteiger partial charge in [-0.05, 0) is 62.4 Å². The molecular formula is C28H43FN2O9Si. The van der Waals surface area contributed by atoms with Crippen molar-refractivity contribution in [1.82, 2.24) is 4.90 Å². The summed E-state index contributed by atoms with van der Waals surface area (Å²) >= 11 is 0. The summed E-state index contributed by atoms with van der Waals surface area (Å²) in [6, 6.07) is 6.81. The number of halogens is 1. The summed E-state index contributed by atoms with van der Waals surface area (Å²) in [7, 11) is -3.17. The molecule has 4 rings (SSSR count). The number of carbonyl (C=O) groups is 2. The first kappa shape index (κ1) is 32.0. The zero-order valence-corrected chi connectivity index (χ0v) is 24.7. The van der Waals surface area contributed by atoms with Gasteiger partial charge in [0, 0.05) is 17.8 Å². The van der Waals surface area contributed by atoms with Crippen molar-refractivity contribution in [3.63, 3.8) is 0 Å². The Hall–Kier alpha value is -1.97. The van der Waals surface area contributed by atoms with Crippen molar-refractivity contribution in [2.45, 2.75) is 107 Å². The Morgan fingerprint density at radius 2 is 1.83 bits per heavy atom. The maximum absolute atomic E-state index is 15.5. The smallest absolute Gasteiger partial charge is 0.256 e. The third-order valence-corrected chi connectivity index (χ3v) is 11.2. The predicted molar refractivity (Wildman–Crippen MR) is 149 cm³/mol. The Labute approximate surface area is 240 Å². The van der Waals surface area contributed by atoms with E-state index in [2.05, 4.69) is 5.32 Å². The Balaban J connectivity index is 1.37. The van der Waals surface area contributed by atoms with E-state index in [4.69, 9.17) is 9.47 Å². The number of nitrogens with one attached hydrogen (secondary N) is 1. The number of hydrogen-bond donors (Lipinski definition) is 6. The van der Waals surface area contributed by atoms with Crippen LogP contribution in [0.3, 0.4) is 0 Å². The van der Waals surface area contributed by atoms with Gasteiger partial charge >= 0.3 is 0 Å². The van der Waals surface area contributed by atoms with E-state index in [9.17, 15) is 35.1 Å². The molecule has 13 heteroatoms. The lowest BCUT2D eigenvalue weighted by Gasteiger charge is -2.37. The number of carbonyl (C=O) groups excluding carboxylic acids is 2. The first-order chi connectivity index (χ1) is 19.3. The maximum Gasteiger partial charge on any atom is 0.256 e. The SMILES string of the molecule is C[C@@H]1[C@@H]([Si](C)(C)F)[C@H](CC(=O)N2CCC[C@H]2CO)O[C@@H]1CCc1cccc(NC(=O)[C@H]2O[C@@H](O)[C@H](O)[C@@H](O)[C@@H]2O)c1. The summed E-state index contributed by atoms with van der Waals surface area (Å²) in [4.78, 5) is 27.5. The number of likely N-dealkylation sites (tertiary alicyclic amines) is 1. The molecule has 0 unspecified atom stereocenters. The molecule has 3 fully saturated rings. The molecule has 0 aromatic heterocycles. The quantitative estimate of drug-likeness (QED) is 0.177. The van der Waals surface area contributed by atoms with Gasteiger partial charge in [-0.2, -0.15) is 0 Å². The average Bonchev–Trinajstić information content (AvgIpc) is 3.52. The molecule has 6 N–H and O–H groups in total. The van der Waals surface area contributed by atoms with Crippen molar-refractivity contribution < 1.29 is 48.7 Å². The number of anilines is 1. The lowest BCUT2D eigenvalue weighted by molar-refractivity contribution is -0.274. The largest absolute Gasteiger partial charge is 0.394 e. The van der Waals surface area contributed by atoms with Gasteiger partial charge in [-0.3, -0.25) is 9.59 Å². The lowest BCUT2D eigenvalue weighted by Crippen LogP contribution is -2.60. The van der Waals surface area contributed by atoms with E-state index < -0.39 is 51.1 Å². The molecule has 1 aromatic carbocycles. The molecule has 0 bridgehead atoms. The summed E-state index contributed by atoms with van der Waals surface area (Å²) < 4.78 is 26.9. The van der Waals surface area contributed by atoms with Crippen molar-refractivity contribution in [1.29, 1.82) is 0 Å². The van der Waals surface area contributed by atoms with E-state index in [1.165, 1.54) is 0 Å². The number of amides is 2. The Morgan fingerprint density at radius 1 is 1.10 bits per heavy atom. The Kier molecular flexibility index (Phi) is 10.2. The van der Waals surface area contributed by atoms with E-state index in [0.717, 1.165) is 18.4 Å². The topological polar surface area (TPSA) is 169 Å². The Bertz CT molecular complexity index is 1080. The second kappa shape index (κ2) is 13.1. The zero-order valence-electron chi connectivity index (χ0n) is 23.7. The van der Waals surface area contributed by atoms with Gasteiger partial charge in [0.1, 0.15) is 18.3 Å². The average molecular weight is 599 g/mol. The number of aryl methyl sites for hydroxylation is 1. The fourth-order valence-electron chi connectivity index (χ4n) is 6.62. The highest BCUT2D eigenvalue weighted by Gasteiger charge is 2.52. The summed E-state index contributed by atoms with van der Waals surface area (Å²) in [6.07, 6.45) is -6.56. The molecule has 11 nitrogen and oxygen atoms in total. The van der Waals surface area contributed by atoms with Crippen LogP contribution < -0.4 is 5.32 Å². The van der Waals surface area contributed by atoms with Crippen molar-refractivity contribution in [3.8, 4) is 0 Å². The van der Waals surface area contributed by atoms with Gasteiger partial charge in [0.25, 0.3) is 5.91 Å². The van der Waals surface area contributed by atoms with Gasteiger partial charge in [-0.15, -0.1) is 0 Å². The van der Waals surface area contributed by atoms with Crippen molar-refractivity contribution >= 4 is 25.9 Å². The van der Waals surface area contributed by atoms with Gasteiger partial charge in [-0.1, -0.05) is 19.1 Å². The van der Waals surface area contributed by atoms with Gasteiger partial charge in [0.2, 0.25) is 14.3 Å². The van der Waals surface area contributed by atoms with Crippen LogP contribution in [0.2, 0.25) is 18.6 Å². The van der Waals surface area contributed by atoms with Crippen LogP contribution in [0.5, 0.6) is 0 Å². The highest BCUT2D eigenvalue weighted by Crippen LogP contribution is 2.47. The third-order valence-electron chi connectivity index (χ3n) is 8.74. The maximum atomic E-state index is 15.5. The van der Waals surface area contributed by atoms with Crippen molar-refractivity contribution in [3.05, 3.63) is 29.8 Å². The number of aliphatic hydroxyl groups is 5. The van der Waals surface area contributed by atoms with Gasteiger partial charge in [0.15, 0.2) is 12.4 Å². The molecular weight excluding hydrogens is 555 g/mol. The van der Waals surface area contributed by atoms with Gasteiger partial charge in [-0.25, -0.2) is 0 Å². The molecule has 1 aromatic rings. The number of benzene rings is 1. The zero-order chi connectivity index (χ0) is 30.1. The molecule has 0 radical (unpaired) electrons. The Morgan fingerprint density at radius 3 is 2.51 bits per heavy atom. The number of aliphatic hydroxyl groups excluding tert-OH is 5. The summed E-state index contributed by atoms with van der Waals surface area (Å²) in [5.41, 5.74) is 0.930. The summed E-state index contributed by atoms with van der Waals surface area (Å²) in [5, 5.41) is 51.6. The molecule has 2 amide bonds. The van der Waals surface area contributed by atoms with E-state index >= 15 is 4.11 Å². The minimum Gasteiger partial charge on any atom is -0.394 e. The highest BCUT2D eigenvalue weighted by atomic mass is 28.4. The molecule has 41 heavy (non-hydrogen) atoms. The first-order valence-corrected chi connectivity index (χ1v) is 17.3. The monoisotopic (exact) mass is 598 g/mol. The van der Waals surface area contributed by atoms with E-state index in [1.807, 2.05) is 13.0 Å². The van der Waals surface area contributed by atoms with Crippen LogP contribution in [-0.4, -0.2) is 113 Å². The molecule has 230 valence electrons. The third kappa shape index (κ3) is 7.16. The van der Waals surface area contributed by atoms with Crippen molar-refractivity contribution in [2.24, 2.45) is 5.92 Å². The van der Waals surface area contributed by atoms with Crippen molar-refractivity contribution in [2.75, 3.05) is 18.5 Å². The van der Waals surface area contributed by atoms with Crippen LogP contribution in [0.1, 0.15) is 38.2 Å². The van der Waals surface area contributed by atoms with Gasteiger partial charge in [0.05, 0.1) is 31.3 Å². The molecule has 3 heterocycles. The van der Waals surface area contributed by atoms with E-state index in [1.54, 1.807) is 36.2 Å². The normalized spacial score (nSPS) is 36.0. The number of nitrogens with zero attached hydrogens (tertiary/aromatic N) is 1. The molecule has 3 aliphatic rings. The van der Waals surface area contributed by atoms with Crippen LogP contribution in [0.15, 0.2) is 24.3 Å². The summed E-state index contributed by atoms with van der Waals surface area (Å²) in [6.45, 7) is 5.80. The molecule has 10 atom stereocenters. The molecule has 0 saturated carbocycles. The number of hydrogen-bond acceptors (Lipinski definition) is 9. The second-order valence-electron chi connectivity index (χ2n) is 12.1. The predicted octanol–water partition coefficient (Wildman–Crippen LogP) is 0.679. The standard InChI is InChI=1S/C28H43FN2O9Si/c1-15-19(39-20(26(15)41(2,3)29)13-21(33)31-11-5-8-18(31)14-32)10-9-16-6-4-7-17(12-16)30-27(37)25-23(35)22(34)24(36)28(38)40-25/h4,6-7,12,15,18-20,22-26,28,32,34-36,38H,5,8-11,13-14H2,1-3H3,(H,30,37)/t15-,18-,19+,20-,22-,23-,24+,25-,26+,28+/m0/s1. The fourth-order valence-corrected chi connectivity index (χ4v) is 9.17. The highest BCUT2D eigenvalue weighted by molar-refractivity contribution is 6.72. The van der Waals surface area contributed by atoms with E-state index in [0.29, 0.717) is 25.1 Å². The van der Waals surface area contributed by atoms with Crippen LogP contribution in [-0.2, 0) is 25.5 Å². The summed E-state index contributed by atoms with van der Waals surface area (Å²) in [5.74, 6) is -0.986. The second-order valence-corrected chi connectivity index (χ2v) is 15.9. The lowest BCUT2D eigenvalue weighted by atomic mass is 9.95. The first-order valence-electron chi connectivity index (χ1n) is 14.3. The molecule has 0 spiro atoms. The van der Waals surface area contributed by atoms with E-state index in [-0.39, 0.29) is 42.5 Å². The number of ether oxygens (including phenoxy) is 2. The molecule has 3 aliphatic heterocycles. The number of rotatable bonds is 9. The van der Waals surface area contributed by atoms with Crippen LogP contribution in [0.4, 0.5) is 9.80 Å². The molecule has 3 saturated heterocycles. The van der Waals surface area contributed by atoms with Crippen LogP contribution in [0, 0.1) is 5.92 Å². The van der Waals surface area contributed by atoms with Gasteiger partial charge < -0.3 is 49.3 Å². The molecule has 0 aliphatic carbocycles. The fraction of sp³-hybridized carbons (Fsp3) is 0.714. The minimum atomic E-state index is -3.17.